The molecular weight excluding hydrogens is 347 g/mol. The summed E-state index contributed by atoms with van der Waals surface area (Å²) in [4.78, 5) is 20.5. The van der Waals surface area contributed by atoms with Crippen molar-refractivity contribution in [1.29, 1.82) is 0 Å². The number of rotatable bonds is 4. The van der Waals surface area contributed by atoms with E-state index >= 15 is 0 Å². The SMILES string of the molecule is O=C(Nc1c(Cl)cccc1Cl)c1cnc(Nc2ccccc2)nc1. The average molecular weight is 359 g/mol. The molecule has 1 amide bonds. The number of amides is 1. The van der Waals surface area contributed by atoms with Gasteiger partial charge in [0.05, 0.1) is 21.3 Å². The fraction of sp³-hybridized carbons (Fsp3) is 0. The molecule has 0 saturated carbocycles. The Bertz CT molecular complexity index is 834. The van der Waals surface area contributed by atoms with E-state index < -0.39 is 5.91 Å². The molecule has 5 nitrogen and oxygen atoms in total. The van der Waals surface area contributed by atoms with Crippen LogP contribution in [0.5, 0.6) is 0 Å². The largest absolute Gasteiger partial charge is 0.324 e. The zero-order valence-corrected chi connectivity index (χ0v) is 13.8. The van der Waals surface area contributed by atoms with Gasteiger partial charge < -0.3 is 10.6 Å². The van der Waals surface area contributed by atoms with Crippen LogP contribution in [0.25, 0.3) is 0 Å². The molecule has 0 unspecified atom stereocenters. The highest BCUT2D eigenvalue weighted by atomic mass is 35.5. The van der Waals surface area contributed by atoms with Gasteiger partial charge in [0, 0.05) is 18.1 Å². The summed E-state index contributed by atoms with van der Waals surface area (Å²) < 4.78 is 0. The molecule has 0 saturated heterocycles. The maximum absolute atomic E-state index is 12.3. The standard InChI is InChI=1S/C17H12Cl2N4O/c18-13-7-4-8-14(19)15(13)23-16(24)11-9-20-17(21-10-11)22-12-5-2-1-3-6-12/h1-10H,(H,23,24)(H,20,21,22). The summed E-state index contributed by atoms with van der Waals surface area (Å²) in [5.74, 6) is 0.00443. The molecule has 2 N–H and O–H groups in total. The second-order valence-electron chi connectivity index (χ2n) is 4.84. The van der Waals surface area contributed by atoms with Crippen LogP contribution in [0.4, 0.5) is 17.3 Å². The fourth-order valence-electron chi connectivity index (χ4n) is 1.96. The topological polar surface area (TPSA) is 66.9 Å². The first kappa shape index (κ1) is 16.2. The molecule has 0 spiro atoms. The normalized spacial score (nSPS) is 10.2. The summed E-state index contributed by atoms with van der Waals surface area (Å²) in [6.45, 7) is 0. The summed E-state index contributed by atoms with van der Waals surface area (Å²) in [7, 11) is 0. The number of carbonyl (C=O) groups is 1. The van der Waals surface area contributed by atoms with Crippen molar-refractivity contribution in [2.45, 2.75) is 0 Å². The van der Waals surface area contributed by atoms with E-state index in [0.717, 1.165) is 5.69 Å². The number of carbonyl (C=O) groups excluding carboxylic acids is 1. The van der Waals surface area contributed by atoms with E-state index in [1.807, 2.05) is 30.3 Å². The van der Waals surface area contributed by atoms with E-state index in [2.05, 4.69) is 20.6 Å². The smallest absolute Gasteiger partial charge is 0.258 e. The number of anilines is 3. The number of nitrogens with one attached hydrogen (secondary N) is 2. The third kappa shape index (κ3) is 3.82. The van der Waals surface area contributed by atoms with Crippen LogP contribution >= 0.6 is 23.2 Å². The number of halogens is 2. The second-order valence-corrected chi connectivity index (χ2v) is 5.65. The van der Waals surface area contributed by atoms with Gasteiger partial charge in [0.2, 0.25) is 5.95 Å². The van der Waals surface area contributed by atoms with Crippen LogP contribution in [0.3, 0.4) is 0 Å². The van der Waals surface area contributed by atoms with Crippen LogP contribution in [0, 0.1) is 0 Å². The molecule has 24 heavy (non-hydrogen) atoms. The Balaban J connectivity index is 1.72. The summed E-state index contributed by atoms with van der Waals surface area (Å²) in [5.41, 5.74) is 1.51. The number of aromatic nitrogens is 2. The van der Waals surface area contributed by atoms with Gasteiger partial charge in [0.1, 0.15) is 0 Å². The third-order valence-corrected chi connectivity index (χ3v) is 3.78. The molecule has 1 heterocycles. The molecule has 0 radical (unpaired) electrons. The van der Waals surface area contributed by atoms with Crippen LogP contribution in [0.2, 0.25) is 10.0 Å². The molecule has 0 aliphatic heterocycles. The Morgan fingerprint density at radius 3 is 2.12 bits per heavy atom. The molecule has 1 aromatic heterocycles. The Morgan fingerprint density at radius 2 is 1.50 bits per heavy atom. The number of nitrogens with zero attached hydrogens (tertiary/aromatic N) is 2. The highest BCUT2D eigenvalue weighted by molar-refractivity contribution is 6.40. The van der Waals surface area contributed by atoms with Crippen molar-refractivity contribution in [3.63, 3.8) is 0 Å². The first-order valence-electron chi connectivity index (χ1n) is 7.03. The predicted molar refractivity (Wildman–Crippen MR) is 96.2 cm³/mol. The van der Waals surface area contributed by atoms with Crippen molar-refractivity contribution in [1.82, 2.24) is 9.97 Å². The minimum atomic E-state index is -0.392. The molecule has 0 aliphatic rings. The van der Waals surface area contributed by atoms with E-state index in [1.54, 1.807) is 18.2 Å². The Hall–Kier alpha value is -2.63. The summed E-state index contributed by atoms with van der Waals surface area (Å²) >= 11 is 12.1. The summed E-state index contributed by atoms with van der Waals surface area (Å²) in [6.07, 6.45) is 2.86. The minimum Gasteiger partial charge on any atom is -0.324 e. The lowest BCUT2D eigenvalue weighted by molar-refractivity contribution is 0.102. The van der Waals surface area contributed by atoms with Crippen LogP contribution in [0.1, 0.15) is 10.4 Å². The lowest BCUT2D eigenvalue weighted by Gasteiger charge is -2.09. The van der Waals surface area contributed by atoms with Crippen LogP contribution in [-0.2, 0) is 0 Å². The predicted octanol–water partition coefficient (Wildman–Crippen LogP) is 4.78. The van der Waals surface area contributed by atoms with Gasteiger partial charge in [-0.1, -0.05) is 47.5 Å². The van der Waals surface area contributed by atoms with E-state index in [4.69, 9.17) is 23.2 Å². The lowest BCUT2D eigenvalue weighted by Crippen LogP contribution is -2.13. The second kappa shape index (κ2) is 7.29. The molecule has 0 bridgehead atoms. The Kier molecular flexibility index (Phi) is 4.93. The van der Waals surface area contributed by atoms with Gasteiger partial charge in [-0.2, -0.15) is 0 Å². The number of hydrogen-bond acceptors (Lipinski definition) is 4. The quantitative estimate of drug-likeness (QED) is 0.704. The fourth-order valence-corrected chi connectivity index (χ4v) is 2.46. The van der Waals surface area contributed by atoms with Crippen molar-refractivity contribution < 1.29 is 4.79 Å². The van der Waals surface area contributed by atoms with Gasteiger partial charge in [-0.15, -0.1) is 0 Å². The van der Waals surface area contributed by atoms with E-state index in [0.29, 0.717) is 27.2 Å². The Morgan fingerprint density at radius 1 is 0.875 bits per heavy atom. The van der Waals surface area contributed by atoms with Gasteiger partial charge in [-0.05, 0) is 24.3 Å². The van der Waals surface area contributed by atoms with E-state index in [1.165, 1.54) is 12.4 Å². The van der Waals surface area contributed by atoms with Gasteiger partial charge in [-0.25, -0.2) is 9.97 Å². The molecule has 7 heteroatoms. The van der Waals surface area contributed by atoms with E-state index in [9.17, 15) is 4.79 Å². The number of benzene rings is 2. The van der Waals surface area contributed by atoms with Crippen LogP contribution < -0.4 is 10.6 Å². The summed E-state index contributed by atoms with van der Waals surface area (Å²) in [6, 6.07) is 14.5. The van der Waals surface area contributed by atoms with Gasteiger partial charge in [0.25, 0.3) is 5.91 Å². The monoisotopic (exact) mass is 358 g/mol. The molecule has 0 atom stereocenters. The number of para-hydroxylation sites is 2. The molecule has 3 aromatic rings. The molecule has 120 valence electrons. The number of hydrogen-bond donors (Lipinski definition) is 2. The van der Waals surface area contributed by atoms with Crippen LogP contribution in [-0.4, -0.2) is 15.9 Å². The maximum Gasteiger partial charge on any atom is 0.258 e. The highest BCUT2D eigenvalue weighted by Crippen LogP contribution is 2.30. The van der Waals surface area contributed by atoms with Gasteiger partial charge in [-0.3, -0.25) is 4.79 Å². The zero-order valence-electron chi connectivity index (χ0n) is 12.3. The van der Waals surface area contributed by atoms with Gasteiger partial charge >= 0.3 is 0 Å². The van der Waals surface area contributed by atoms with Crippen molar-refractivity contribution in [3.8, 4) is 0 Å². The summed E-state index contributed by atoms with van der Waals surface area (Å²) in [5, 5.41) is 6.42. The first-order chi connectivity index (χ1) is 11.6. The van der Waals surface area contributed by atoms with Crippen molar-refractivity contribution in [2.75, 3.05) is 10.6 Å². The van der Waals surface area contributed by atoms with Crippen molar-refractivity contribution in [2.24, 2.45) is 0 Å². The van der Waals surface area contributed by atoms with Crippen molar-refractivity contribution in [3.05, 3.63) is 76.5 Å². The molecule has 0 aliphatic carbocycles. The van der Waals surface area contributed by atoms with Crippen molar-refractivity contribution >= 4 is 46.4 Å². The minimum absolute atomic E-state index is 0.296. The lowest BCUT2D eigenvalue weighted by atomic mass is 10.2. The van der Waals surface area contributed by atoms with Gasteiger partial charge in [0.15, 0.2) is 0 Å². The molecule has 2 aromatic carbocycles. The molecule has 0 fully saturated rings. The van der Waals surface area contributed by atoms with Crippen LogP contribution in [0.15, 0.2) is 60.9 Å². The first-order valence-corrected chi connectivity index (χ1v) is 7.78. The molecule has 3 rings (SSSR count). The Labute approximate surface area is 148 Å². The highest BCUT2D eigenvalue weighted by Gasteiger charge is 2.12. The maximum atomic E-state index is 12.3. The molecular formula is C17H12Cl2N4O. The third-order valence-electron chi connectivity index (χ3n) is 3.15. The average Bonchev–Trinajstić information content (AvgIpc) is 2.60. The van der Waals surface area contributed by atoms with E-state index in [-0.39, 0.29) is 0 Å². The zero-order chi connectivity index (χ0) is 16.9.